The van der Waals surface area contributed by atoms with Crippen LogP contribution in [0.25, 0.3) is 0 Å². The number of carbonyl (C=O) groups is 6. The molecular weight excluding hydrogens is 847 g/mol. The fraction of sp³-hybridized carbons (Fsp3) is 0.846. The number of hydrogen-bond donors (Lipinski definition) is 1. The molecule has 0 aromatic carbocycles. The van der Waals surface area contributed by atoms with E-state index in [0.29, 0.717) is 6.42 Å². The Kier molecular flexibility index (Phi) is 36.2. The van der Waals surface area contributed by atoms with Crippen molar-refractivity contribution in [3.63, 3.8) is 0 Å². The van der Waals surface area contributed by atoms with Crippen molar-refractivity contribution in [3.05, 3.63) is 12.2 Å². The van der Waals surface area contributed by atoms with E-state index in [2.05, 4.69) is 19.2 Å². The molecule has 0 radical (unpaired) electrons. The van der Waals surface area contributed by atoms with Crippen LogP contribution in [-0.2, 0) is 61.9 Å². The summed E-state index contributed by atoms with van der Waals surface area (Å²) in [6.45, 7) is 9.66. The number of unbranched alkanes of at least 4 members (excludes halogenated alkanes) is 25. The van der Waals surface area contributed by atoms with Gasteiger partial charge in [0.25, 0.3) is 0 Å². The van der Waals surface area contributed by atoms with E-state index in [-0.39, 0.29) is 18.9 Å². The molecule has 14 nitrogen and oxygen atoms in total. The molecule has 0 saturated carbocycles. The van der Waals surface area contributed by atoms with E-state index in [9.17, 15) is 28.8 Å². The molecule has 2 unspecified atom stereocenters. The third kappa shape index (κ3) is 31.5. The predicted molar refractivity (Wildman–Crippen MR) is 255 cm³/mol. The fourth-order valence-corrected chi connectivity index (χ4v) is 8.28. The van der Waals surface area contributed by atoms with E-state index in [1.54, 1.807) is 6.08 Å². The number of amides is 1. The molecule has 0 aromatic heterocycles. The van der Waals surface area contributed by atoms with Crippen molar-refractivity contribution >= 4 is 35.8 Å². The van der Waals surface area contributed by atoms with Crippen LogP contribution in [0.4, 0.5) is 0 Å². The van der Waals surface area contributed by atoms with Gasteiger partial charge in [0.05, 0.1) is 12.6 Å². The quantitative estimate of drug-likeness (QED) is 0.0266. The third-order valence-corrected chi connectivity index (χ3v) is 11.7. The molecule has 1 heterocycles. The van der Waals surface area contributed by atoms with Gasteiger partial charge in [0.1, 0.15) is 18.8 Å². The van der Waals surface area contributed by atoms with Gasteiger partial charge in [-0.3, -0.25) is 28.8 Å². The maximum absolute atomic E-state index is 13.6. The van der Waals surface area contributed by atoms with Crippen molar-refractivity contribution in [1.82, 2.24) is 5.32 Å². The number of allylic oxidation sites excluding steroid dienone is 1. The average molecular weight is 938 g/mol. The largest absolute Gasteiger partial charge is 0.463 e. The van der Waals surface area contributed by atoms with Gasteiger partial charge in [-0.15, -0.1) is 0 Å². The van der Waals surface area contributed by atoms with Crippen molar-refractivity contribution in [3.8, 4) is 0 Å². The van der Waals surface area contributed by atoms with Gasteiger partial charge >= 0.3 is 29.8 Å². The zero-order valence-corrected chi connectivity index (χ0v) is 42.2. The van der Waals surface area contributed by atoms with Gasteiger partial charge in [-0.2, -0.15) is 0 Å². The molecule has 382 valence electrons. The lowest BCUT2D eigenvalue weighted by molar-refractivity contribution is -0.309. The van der Waals surface area contributed by atoms with Crippen LogP contribution in [0.2, 0.25) is 0 Å². The molecule has 66 heavy (non-hydrogen) atoms. The first kappa shape index (κ1) is 60.5. The van der Waals surface area contributed by atoms with Crippen LogP contribution in [-0.4, -0.2) is 91.8 Å². The average Bonchev–Trinajstić information content (AvgIpc) is 3.25. The van der Waals surface area contributed by atoms with Crippen molar-refractivity contribution < 1.29 is 61.9 Å². The Morgan fingerprint density at radius 3 is 1.38 bits per heavy atom. The van der Waals surface area contributed by atoms with Crippen molar-refractivity contribution in [2.45, 2.75) is 271 Å². The smallest absolute Gasteiger partial charge is 0.303 e. The lowest BCUT2D eigenvalue weighted by Crippen LogP contribution is -2.63. The highest BCUT2D eigenvalue weighted by molar-refractivity contribution is 5.76. The van der Waals surface area contributed by atoms with E-state index in [4.69, 9.17) is 33.2 Å². The number of ether oxygens (including phenoxy) is 7. The summed E-state index contributed by atoms with van der Waals surface area (Å²) in [5, 5.41) is 3.01. The lowest BCUT2D eigenvalue weighted by Gasteiger charge is -2.44. The molecule has 1 amide bonds. The third-order valence-electron chi connectivity index (χ3n) is 11.7. The summed E-state index contributed by atoms with van der Waals surface area (Å²) in [6, 6.07) is -0.918. The Morgan fingerprint density at radius 1 is 0.515 bits per heavy atom. The van der Waals surface area contributed by atoms with E-state index in [0.717, 1.165) is 65.7 Å². The van der Waals surface area contributed by atoms with E-state index in [1.807, 2.05) is 6.08 Å². The van der Waals surface area contributed by atoms with Crippen LogP contribution in [0.1, 0.15) is 228 Å². The summed E-state index contributed by atoms with van der Waals surface area (Å²) in [4.78, 5) is 74.9. The van der Waals surface area contributed by atoms with Crippen molar-refractivity contribution in [2.75, 3.05) is 13.2 Å². The van der Waals surface area contributed by atoms with Gasteiger partial charge < -0.3 is 38.5 Å². The Labute approximate surface area is 398 Å². The number of hydrogen-bond acceptors (Lipinski definition) is 13. The second-order valence-corrected chi connectivity index (χ2v) is 18.1. The van der Waals surface area contributed by atoms with Crippen LogP contribution in [0, 0.1) is 0 Å². The highest BCUT2D eigenvalue weighted by Crippen LogP contribution is 2.30. The molecule has 1 rings (SSSR count). The lowest BCUT2D eigenvalue weighted by atomic mass is 9.98. The minimum absolute atomic E-state index is 0.253. The Balaban J connectivity index is 3.08. The number of nitrogens with one attached hydrogen (secondary N) is 1. The normalized spacial score (nSPS) is 19.2. The summed E-state index contributed by atoms with van der Waals surface area (Å²) in [5.74, 6) is -3.77. The number of esters is 5. The van der Waals surface area contributed by atoms with Gasteiger partial charge in [0.15, 0.2) is 24.6 Å². The first-order valence-corrected chi connectivity index (χ1v) is 25.8. The van der Waals surface area contributed by atoms with Gasteiger partial charge in [-0.1, -0.05) is 174 Å². The summed E-state index contributed by atoms with van der Waals surface area (Å²) in [5.41, 5.74) is 0. The van der Waals surface area contributed by atoms with Gasteiger partial charge in [-0.05, 0) is 25.3 Å². The monoisotopic (exact) mass is 938 g/mol. The SMILES string of the molecule is CCCCCCCCCCCCC/C=C/[C@@H](OC(C)=O)[C@H](CO[C@@H]1O[C@H](COC(C)=O)[C@H](OC(C)=O)C(OC(C)=O)C1OC(C)=O)NC(=O)CCCCCCCCCCCCCCCCC. The second kappa shape index (κ2) is 39.5. The van der Waals surface area contributed by atoms with Gasteiger partial charge in [0, 0.05) is 41.0 Å². The highest BCUT2D eigenvalue weighted by Gasteiger charge is 2.53. The minimum Gasteiger partial charge on any atom is -0.463 e. The molecule has 0 aliphatic carbocycles. The maximum atomic E-state index is 13.6. The number of rotatable bonds is 40. The highest BCUT2D eigenvalue weighted by atomic mass is 16.7. The van der Waals surface area contributed by atoms with E-state index in [1.165, 1.54) is 136 Å². The summed E-state index contributed by atoms with van der Waals surface area (Å²) >= 11 is 0. The first-order valence-electron chi connectivity index (χ1n) is 25.8. The van der Waals surface area contributed by atoms with Crippen LogP contribution in [0.3, 0.4) is 0 Å². The zero-order valence-electron chi connectivity index (χ0n) is 42.2. The Hall–Kier alpha value is -3.52. The second-order valence-electron chi connectivity index (χ2n) is 18.1. The standard InChI is InChI=1S/C52H91NO13/c1-8-10-12-14-16-18-20-22-23-25-27-29-31-33-35-37-48(59)53-45(46(62-41(4)55)36-34-32-30-28-26-24-21-19-17-15-13-11-9-2)38-61-52-51(65-44(7)58)50(64-43(6)57)49(63-42(5)56)47(66-52)39-60-40(3)54/h34,36,45-47,49-52H,8-33,35,37-39H2,1-7H3,(H,53,59)/b36-34+/t45-,46+,47+,49-,50?,51?,52+/m0/s1. The molecule has 7 atom stereocenters. The molecular formula is C52H91NO13. The molecule has 0 bridgehead atoms. The van der Waals surface area contributed by atoms with E-state index >= 15 is 0 Å². The topological polar surface area (TPSA) is 179 Å². The molecule has 1 aliphatic rings. The van der Waals surface area contributed by atoms with Crippen LogP contribution in [0.5, 0.6) is 0 Å². The zero-order chi connectivity index (χ0) is 48.8. The van der Waals surface area contributed by atoms with Crippen LogP contribution >= 0.6 is 0 Å². The molecule has 1 fully saturated rings. The van der Waals surface area contributed by atoms with Crippen LogP contribution < -0.4 is 5.32 Å². The Bertz CT molecular complexity index is 1360. The summed E-state index contributed by atoms with van der Waals surface area (Å²) in [7, 11) is 0. The van der Waals surface area contributed by atoms with Crippen molar-refractivity contribution in [2.24, 2.45) is 0 Å². The molecule has 1 aliphatic heterocycles. The first-order chi connectivity index (χ1) is 31.8. The Morgan fingerprint density at radius 2 is 0.939 bits per heavy atom. The number of carbonyl (C=O) groups excluding carboxylic acids is 6. The molecule has 1 saturated heterocycles. The summed E-state index contributed by atoms with van der Waals surface area (Å²) < 4.78 is 40.0. The van der Waals surface area contributed by atoms with Gasteiger partial charge in [0.2, 0.25) is 5.91 Å². The minimum atomic E-state index is -1.47. The van der Waals surface area contributed by atoms with E-state index < -0.39 is 79.3 Å². The maximum Gasteiger partial charge on any atom is 0.303 e. The predicted octanol–water partition coefficient (Wildman–Crippen LogP) is 11.0. The molecule has 1 N–H and O–H groups in total. The van der Waals surface area contributed by atoms with Gasteiger partial charge in [-0.25, -0.2) is 0 Å². The molecule has 14 heteroatoms. The fourth-order valence-electron chi connectivity index (χ4n) is 8.28. The van der Waals surface area contributed by atoms with Crippen LogP contribution in [0.15, 0.2) is 12.2 Å². The molecule has 0 spiro atoms. The van der Waals surface area contributed by atoms with Crippen molar-refractivity contribution in [1.29, 1.82) is 0 Å². The summed E-state index contributed by atoms with van der Waals surface area (Å²) in [6.07, 6.45) is 28.4. The molecule has 0 aromatic rings.